The van der Waals surface area contributed by atoms with Crippen molar-refractivity contribution >= 4 is 29.8 Å². The van der Waals surface area contributed by atoms with Gasteiger partial charge in [-0.25, -0.2) is 5.43 Å². The lowest BCUT2D eigenvalue weighted by Gasteiger charge is -2.31. The van der Waals surface area contributed by atoms with E-state index in [1.165, 1.54) is 17.5 Å². The summed E-state index contributed by atoms with van der Waals surface area (Å²) in [5.41, 5.74) is 7.59. The Morgan fingerprint density at radius 3 is 2.72 bits per heavy atom. The summed E-state index contributed by atoms with van der Waals surface area (Å²) in [5, 5.41) is 11.3. The Labute approximate surface area is 174 Å². The molecule has 1 saturated heterocycles. The number of allylic oxidation sites excluding steroid dienone is 2. The van der Waals surface area contributed by atoms with E-state index in [2.05, 4.69) is 31.7 Å². The van der Waals surface area contributed by atoms with Gasteiger partial charge in [0.1, 0.15) is 5.69 Å². The van der Waals surface area contributed by atoms with E-state index in [-0.39, 0.29) is 5.91 Å². The van der Waals surface area contributed by atoms with Gasteiger partial charge in [-0.05, 0) is 53.8 Å². The number of nitrogens with one attached hydrogen (secondary N) is 2. The fourth-order valence-corrected chi connectivity index (χ4v) is 3.67. The number of H-pyrrole nitrogens is 1. The molecule has 1 aliphatic carbocycles. The van der Waals surface area contributed by atoms with Crippen molar-refractivity contribution in [2.45, 2.75) is 12.8 Å². The number of benzene rings is 1. The Hall–Kier alpha value is -2.90. The zero-order valence-electron chi connectivity index (χ0n) is 15.9. The quantitative estimate of drug-likeness (QED) is 0.584. The van der Waals surface area contributed by atoms with Crippen molar-refractivity contribution in [2.24, 2.45) is 5.10 Å². The number of hydrogen-bond acceptors (Lipinski definition) is 5. The molecule has 7 nitrogen and oxygen atoms in total. The molecular weight excluding hydrogens is 390 g/mol. The monoisotopic (exact) mass is 411 g/mol. The molecule has 2 heterocycles. The van der Waals surface area contributed by atoms with E-state index in [1.54, 1.807) is 12.3 Å². The molecule has 0 saturated carbocycles. The molecular formula is C21H22ClN5O2. The molecule has 4 rings (SSSR count). The number of nitrogens with zero attached hydrogens (tertiary/aromatic N) is 3. The second kappa shape index (κ2) is 9.07. The van der Waals surface area contributed by atoms with Crippen molar-refractivity contribution in [3.05, 3.63) is 69.7 Å². The van der Waals surface area contributed by atoms with Crippen LogP contribution >= 0.6 is 11.6 Å². The average Bonchev–Trinajstić information content (AvgIpc) is 3.41. The lowest BCUT2D eigenvalue weighted by atomic mass is 10.1. The van der Waals surface area contributed by atoms with Crippen LogP contribution in [0.25, 0.3) is 6.08 Å². The van der Waals surface area contributed by atoms with Gasteiger partial charge in [0.2, 0.25) is 0 Å². The number of amides is 1. The summed E-state index contributed by atoms with van der Waals surface area (Å²) in [6.07, 6.45) is 7.27. The van der Waals surface area contributed by atoms with Gasteiger partial charge in [0.15, 0.2) is 0 Å². The van der Waals surface area contributed by atoms with E-state index in [1.807, 2.05) is 24.3 Å². The molecule has 1 amide bonds. The Morgan fingerprint density at radius 2 is 2.00 bits per heavy atom. The number of carbonyl (C=O) groups excluding carboxylic acids is 1. The van der Waals surface area contributed by atoms with Crippen LogP contribution in [0.1, 0.15) is 28.9 Å². The number of aromatic amines is 1. The molecule has 0 atom stereocenters. The number of halogens is 1. The third kappa shape index (κ3) is 4.75. The number of aromatic nitrogens is 2. The van der Waals surface area contributed by atoms with Crippen LogP contribution in [0.2, 0.25) is 5.02 Å². The highest BCUT2D eigenvalue weighted by Crippen LogP contribution is 2.35. The van der Waals surface area contributed by atoms with Crippen molar-refractivity contribution in [3.8, 4) is 0 Å². The Kier molecular flexibility index (Phi) is 6.07. The molecule has 0 spiro atoms. The van der Waals surface area contributed by atoms with Gasteiger partial charge in [-0.3, -0.25) is 9.89 Å². The van der Waals surface area contributed by atoms with Gasteiger partial charge >= 0.3 is 0 Å². The summed E-state index contributed by atoms with van der Waals surface area (Å²) in [7, 11) is 0. The minimum atomic E-state index is -0.317. The van der Waals surface area contributed by atoms with Gasteiger partial charge < -0.3 is 9.64 Å². The van der Waals surface area contributed by atoms with Crippen LogP contribution in [0.3, 0.4) is 0 Å². The molecule has 1 aromatic carbocycles. The number of rotatable bonds is 5. The first-order valence-corrected chi connectivity index (χ1v) is 9.93. The van der Waals surface area contributed by atoms with E-state index < -0.39 is 0 Å². The van der Waals surface area contributed by atoms with Gasteiger partial charge in [-0.2, -0.15) is 10.2 Å². The predicted molar refractivity (Wildman–Crippen MR) is 113 cm³/mol. The highest BCUT2D eigenvalue weighted by Gasteiger charge is 2.25. The smallest absolute Gasteiger partial charge is 0.289 e. The van der Waals surface area contributed by atoms with Gasteiger partial charge in [-0.15, -0.1) is 0 Å². The second-order valence-electron chi connectivity index (χ2n) is 6.86. The number of morpholine rings is 1. The van der Waals surface area contributed by atoms with Crippen LogP contribution in [0, 0.1) is 0 Å². The van der Waals surface area contributed by atoms with Crippen LogP contribution in [0.15, 0.2) is 58.5 Å². The van der Waals surface area contributed by atoms with E-state index >= 15 is 0 Å². The first-order chi connectivity index (χ1) is 14.2. The number of hydrogen-bond donors (Lipinski definition) is 2. The van der Waals surface area contributed by atoms with Crippen LogP contribution < -0.4 is 5.43 Å². The normalized spacial score (nSPS) is 18.8. The third-order valence-electron chi connectivity index (χ3n) is 4.94. The lowest BCUT2D eigenvalue weighted by molar-refractivity contribution is 0.0548. The summed E-state index contributed by atoms with van der Waals surface area (Å²) >= 11 is 6.01. The zero-order chi connectivity index (χ0) is 20.1. The minimum absolute atomic E-state index is 0.317. The topological polar surface area (TPSA) is 82.6 Å². The summed E-state index contributed by atoms with van der Waals surface area (Å²) in [6, 6.07) is 9.43. The Balaban J connectivity index is 1.58. The van der Waals surface area contributed by atoms with Crippen molar-refractivity contribution < 1.29 is 9.53 Å². The van der Waals surface area contributed by atoms with Gasteiger partial charge in [0.05, 0.1) is 19.4 Å². The standard InChI is InChI=1S/C21H22ClN5O2/c22-18-5-1-15(2-6-18)13-16-3-4-17(20(16)27-9-11-29-12-10-27)14-24-26-21(28)19-7-8-23-25-19/h1-2,5-8,13-14H,3-4,9-12H2,(H,23,25)(H,26,28)/b16-13+,24-14+. The fraction of sp³-hybridized carbons (Fsp3) is 0.286. The summed E-state index contributed by atoms with van der Waals surface area (Å²) in [5.74, 6) is -0.317. The molecule has 2 aromatic rings. The largest absolute Gasteiger partial charge is 0.378 e. The van der Waals surface area contributed by atoms with Crippen LogP contribution in [0.4, 0.5) is 0 Å². The summed E-state index contributed by atoms with van der Waals surface area (Å²) in [4.78, 5) is 14.4. The molecule has 2 aliphatic rings. The molecule has 8 heteroatoms. The highest BCUT2D eigenvalue weighted by molar-refractivity contribution is 6.30. The zero-order valence-corrected chi connectivity index (χ0v) is 16.7. The summed E-state index contributed by atoms with van der Waals surface area (Å²) < 4.78 is 5.52. The van der Waals surface area contributed by atoms with E-state index in [9.17, 15) is 4.79 Å². The van der Waals surface area contributed by atoms with Gasteiger partial charge in [0.25, 0.3) is 5.91 Å². The predicted octanol–water partition coefficient (Wildman–Crippen LogP) is 3.24. The maximum atomic E-state index is 12.0. The van der Waals surface area contributed by atoms with Gasteiger partial charge in [-0.1, -0.05) is 23.7 Å². The first kappa shape index (κ1) is 19.4. The second-order valence-corrected chi connectivity index (χ2v) is 7.30. The molecule has 29 heavy (non-hydrogen) atoms. The fourth-order valence-electron chi connectivity index (χ4n) is 3.54. The molecule has 1 aliphatic heterocycles. The SMILES string of the molecule is O=C(N/N=C/C1=C(N2CCOCC2)C(=C/c2ccc(Cl)cc2)/CC1)c1ccn[nH]1. The van der Waals surface area contributed by atoms with Crippen LogP contribution in [-0.2, 0) is 4.74 Å². The molecule has 0 radical (unpaired) electrons. The number of hydrazone groups is 1. The van der Waals surface area contributed by atoms with Crippen LogP contribution in [-0.4, -0.2) is 53.5 Å². The first-order valence-electron chi connectivity index (χ1n) is 9.56. The maximum absolute atomic E-state index is 12.0. The van der Waals surface area contributed by atoms with Crippen molar-refractivity contribution in [2.75, 3.05) is 26.3 Å². The Morgan fingerprint density at radius 1 is 1.21 bits per heavy atom. The molecule has 2 N–H and O–H groups in total. The van der Waals surface area contributed by atoms with E-state index in [0.29, 0.717) is 18.9 Å². The van der Waals surface area contributed by atoms with Crippen molar-refractivity contribution in [1.82, 2.24) is 20.5 Å². The molecule has 1 aromatic heterocycles. The third-order valence-corrected chi connectivity index (χ3v) is 5.19. The maximum Gasteiger partial charge on any atom is 0.289 e. The highest BCUT2D eigenvalue weighted by atomic mass is 35.5. The van der Waals surface area contributed by atoms with E-state index in [0.717, 1.165) is 42.1 Å². The number of ether oxygens (including phenoxy) is 1. The summed E-state index contributed by atoms with van der Waals surface area (Å²) in [6.45, 7) is 3.09. The van der Waals surface area contributed by atoms with E-state index in [4.69, 9.17) is 16.3 Å². The molecule has 0 bridgehead atoms. The number of carbonyl (C=O) groups is 1. The van der Waals surface area contributed by atoms with Crippen LogP contribution in [0.5, 0.6) is 0 Å². The van der Waals surface area contributed by atoms with Gasteiger partial charge in [0, 0.05) is 30.0 Å². The van der Waals surface area contributed by atoms with Crippen molar-refractivity contribution in [3.63, 3.8) is 0 Å². The minimum Gasteiger partial charge on any atom is -0.378 e. The Bertz CT molecular complexity index is 942. The average molecular weight is 412 g/mol. The molecule has 150 valence electrons. The van der Waals surface area contributed by atoms with Crippen molar-refractivity contribution in [1.29, 1.82) is 0 Å². The molecule has 1 fully saturated rings. The molecule has 0 unspecified atom stereocenters. The lowest BCUT2D eigenvalue weighted by Crippen LogP contribution is -2.36.